The molecule has 0 aromatic heterocycles. The van der Waals surface area contributed by atoms with E-state index in [4.69, 9.17) is 11.6 Å². The molecule has 2 rings (SSSR count). The summed E-state index contributed by atoms with van der Waals surface area (Å²) in [6.07, 6.45) is 0.157. The number of halogens is 2. The molecule has 1 aliphatic carbocycles. The summed E-state index contributed by atoms with van der Waals surface area (Å²) < 4.78 is 13.1. The summed E-state index contributed by atoms with van der Waals surface area (Å²) in [4.78, 5) is 10.5. The first kappa shape index (κ1) is 13.8. The van der Waals surface area contributed by atoms with Gasteiger partial charge < -0.3 is 0 Å². The fourth-order valence-corrected chi connectivity index (χ4v) is 2.48. The van der Waals surface area contributed by atoms with Gasteiger partial charge in [0.1, 0.15) is 6.17 Å². The minimum atomic E-state index is -1.13. The lowest BCUT2D eigenvalue weighted by atomic mass is 9.67. The molecule has 1 aromatic carbocycles. The Kier molecular flexibility index (Phi) is 4.03. The van der Waals surface area contributed by atoms with Gasteiger partial charge in [-0.1, -0.05) is 23.7 Å². The van der Waals surface area contributed by atoms with Crippen LogP contribution in [0.1, 0.15) is 18.4 Å². The summed E-state index contributed by atoms with van der Waals surface area (Å²) in [5.41, 5.74) is 4.54. The van der Waals surface area contributed by atoms with Crippen molar-refractivity contribution >= 4 is 18.0 Å². The number of rotatable bonds is 5. The van der Waals surface area contributed by atoms with Crippen molar-refractivity contribution in [2.24, 2.45) is 5.92 Å². The van der Waals surface area contributed by atoms with Crippen molar-refractivity contribution in [2.75, 3.05) is 0 Å². The van der Waals surface area contributed by atoms with Crippen LogP contribution in [-0.4, -0.2) is 12.6 Å². The van der Waals surface area contributed by atoms with Crippen LogP contribution in [0.4, 0.5) is 4.39 Å². The van der Waals surface area contributed by atoms with Gasteiger partial charge in [-0.25, -0.2) is 9.82 Å². The SMILES string of the molecule is N#CC(NNC=O)(c1ccc(Cl)cc1)C1CC(F)C1. The van der Waals surface area contributed by atoms with Crippen molar-refractivity contribution in [1.82, 2.24) is 10.9 Å². The zero-order valence-electron chi connectivity index (χ0n) is 10.1. The Morgan fingerprint density at radius 1 is 1.42 bits per heavy atom. The van der Waals surface area contributed by atoms with Crippen molar-refractivity contribution in [1.29, 1.82) is 5.26 Å². The fourth-order valence-electron chi connectivity index (χ4n) is 2.35. The van der Waals surface area contributed by atoms with E-state index in [1.54, 1.807) is 24.3 Å². The van der Waals surface area contributed by atoms with E-state index in [9.17, 15) is 14.4 Å². The summed E-state index contributed by atoms with van der Waals surface area (Å²) in [6.45, 7) is 0. The topological polar surface area (TPSA) is 64.9 Å². The molecule has 1 fully saturated rings. The first-order valence-electron chi connectivity index (χ1n) is 5.90. The average molecular weight is 282 g/mol. The Morgan fingerprint density at radius 2 is 2.05 bits per heavy atom. The molecule has 0 bridgehead atoms. The Bertz CT molecular complexity index is 496. The zero-order valence-corrected chi connectivity index (χ0v) is 10.8. The third-order valence-electron chi connectivity index (χ3n) is 3.50. The van der Waals surface area contributed by atoms with Crippen molar-refractivity contribution in [3.05, 3.63) is 34.9 Å². The van der Waals surface area contributed by atoms with E-state index in [0.717, 1.165) is 0 Å². The lowest BCUT2D eigenvalue weighted by Crippen LogP contribution is -2.57. The number of hydrazine groups is 1. The Morgan fingerprint density at radius 3 is 2.53 bits per heavy atom. The summed E-state index contributed by atoms with van der Waals surface area (Å²) in [6, 6.07) is 8.90. The van der Waals surface area contributed by atoms with Gasteiger partial charge in [-0.05, 0) is 30.5 Å². The van der Waals surface area contributed by atoms with Gasteiger partial charge in [-0.15, -0.1) is 0 Å². The van der Waals surface area contributed by atoms with Crippen LogP contribution in [0.5, 0.6) is 0 Å². The molecule has 0 saturated heterocycles. The van der Waals surface area contributed by atoms with Crippen LogP contribution in [0.15, 0.2) is 24.3 Å². The molecule has 19 heavy (non-hydrogen) atoms. The summed E-state index contributed by atoms with van der Waals surface area (Å²) in [5, 5.41) is 10.1. The number of hydrogen-bond donors (Lipinski definition) is 2. The number of nitrogens with one attached hydrogen (secondary N) is 2. The molecule has 100 valence electrons. The first-order valence-corrected chi connectivity index (χ1v) is 6.28. The van der Waals surface area contributed by atoms with Crippen molar-refractivity contribution < 1.29 is 9.18 Å². The smallest absolute Gasteiger partial charge is 0.221 e. The molecular formula is C13H13ClFN3O. The lowest BCUT2D eigenvalue weighted by Gasteiger charge is -2.42. The molecule has 1 atom stereocenters. The van der Waals surface area contributed by atoms with Crippen LogP contribution in [0, 0.1) is 17.2 Å². The van der Waals surface area contributed by atoms with Gasteiger partial charge in [-0.3, -0.25) is 10.2 Å². The Balaban J connectivity index is 2.34. The zero-order chi connectivity index (χ0) is 13.9. The van der Waals surface area contributed by atoms with Crippen LogP contribution >= 0.6 is 11.6 Å². The second-order valence-electron chi connectivity index (χ2n) is 4.58. The van der Waals surface area contributed by atoms with Crippen molar-refractivity contribution in [3.8, 4) is 6.07 Å². The second kappa shape index (κ2) is 5.55. The molecule has 1 aromatic rings. The van der Waals surface area contributed by atoms with Gasteiger partial charge in [0, 0.05) is 10.9 Å². The number of benzene rings is 1. The summed E-state index contributed by atoms with van der Waals surface area (Å²) in [5.74, 6) is -0.193. The highest BCUT2D eigenvalue weighted by atomic mass is 35.5. The molecule has 0 aliphatic heterocycles. The minimum absolute atomic E-state index is 0.193. The van der Waals surface area contributed by atoms with E-state index in [-0.39, 0.29) is 5.92 Å². The van der Waals surface area contributed by atoms with E-state index in [0.29, 0.717) is 29.8 Å². The molecule has 0 radical (unpaired) electrons. The second-order valence-corrected chi connectivity index (χ2v) is 5.02. The molecule has 6 heteroatoms. The summed E-state index contributed by atoms with van der Waals surface area (Å²) >= 11 is 5.82. The number of hydrogen-bond acceptors (Lipinski definition) is 3. The van der Waals surface area contributed by atoms with Crippen LogP contribution < -0.4 is 10.9 Å². The van der Waals surface area contributed by atoms with Crippen LogP contribution in [0.25, 0.3) is 0 Å². The van der Waals surface area contributed by atoms with Gasteiger partial charge in [0.25, 0.3) is 0 Å². The minimum Gasteiger partial charge on any atom is -0.292 e. The maximum Gasteiger partial charge on any atom is 0.221 e. The maximum atomic E-state index is 13.1. The normalized spacial score (nSPS) is 24.7. The van der Waals surface area contributed by atoms with Crippen LogP contribution in [0.3, 0.4) is 0 Å². The van der Waals surface area contributed by atoms with E-state index in [2.05, 4.69) is 16.9 Å². The number of carbonyl (C=O) groups excluding carboxylic acids is 1. The molecule has 1 unspecified atom stereocenters. The highest BCUT2D eigenvalue weighted by Crippen LogP contribution is 2.43. The van der Waals surface area contributed by atoms with Crippen LogP contribution in [0.2, 0.25) is 5.02 Å². The van der Waals surface area contributed by atoms with E-state index in [1.165, 1.54) is 0 Å². The third kappa shape index (κ3) is 2.55. The lowest BCUT2D eigenvalue weighted by molar-refractivity contribution is -0.111. The standard InChI is InChI=1S/C13H13ClFN3O/c14-11-3-1-9(2-4-11)13(7-16,18-17-8-19)10-5-12(15)6-10/h1-4,8,10,12,18H,5-6H2,(H,17,19). The third-order valence-corrected chi connectivity index (χ3v) is 3.75. The molecule has 1 aliphatic rings. The maximum absolute atomic E-state index is 13.1. The van der Waals surface area contributed by atoms with Crippen molar-refractivity contribution in [2.45, 2.75) is 24.6 Å². The van der Waals surface area contributed by atoms with E-state index < -0.39 is 11.7 Å². The number of amides is 1. The average Bonchev–Trinajstić information content (AvgIpc) is 2.39. The van der Waals surface area contributed by atoms with Gasteiger partial charge in [0.2, 0.25) is 6.41 Å². The number of nitriles is 1. The number of carbonyl (C=O) groups is 1. The molecule has 1 amide bonds. The van der Waals surface area contributed by atoms with E-state index >= 15 is 0 Å². The fraction of sp³-hybridized carbons (Fsp3) is 0.385. The van der Waals surface area contributed by atoms with E-state index in [1.807, 2.05) is 0 Å². The monoisotopic (exact) mass is 281 g/mol. The van der Waals surface area contributed by atoms with Crippen LogP contribution in [-0.2, 0) is 10.3 Å². The quantitative estimate of drug-likeness (QED) is 0.641. The first-order chi connectivity index (χ1) is 9.12. The molecule has 2 N–H and O–H groups in total. The molecule has 0 heterocycles. The van der Waals surface area contributed by atoms with Gasteiger partial charge in [-0.2, -0.15) is 5.26 Å². The Hall–Kier alpha value is -1.64. The number of alkyl halides is 1. The van der Waals surface area contributed by atoms with Gasteiger partial charge in [0.05, 0.1) is 6.07 Å². The number of nitrogens with zero attached hydrogens (tertiary/aromatic N) is 1. The predicted octanol–water partition coefficient (Wildman–Crippen LogP) is 2.06. The molecule has 4 nitrogen and oxygen atoms in total. The molecule has 0 spiro atoms. The predicted molar refractivity (Wildman–Crippen MR) is 68.7 cm³/mol. The van der Waals surface area contributed by atoms with Gasteiger partial charge in [0.15, 0.2) is 5.54 Å². The van der Waals surface area contributed by atoms with Crippen molar-refractivity contribution in [3.63, 3.8) is 0 Å². The Labute approximate surface area is 115 Å². The van der Waals surface area contributed by atoms with Gasteiger partial charge >= 0.3 is 0 Å². The molecule has 1 saturated carbocycles. The summed E-state index contributed by atoms with van der Waals surface area (Å²) in [7, 11) is 0. The highest BCUT2D eigenvalue weighted by Gasteiger charge is 2.48. The molecular weight excluding hydrogens is 269 g/mol. The highest BCUT2D eigenvalue weighted by molar-refractivity contribution is 6.30. The largest absolute Gasteiger partial charge is 0.292 e.